The summed E-state index contributed by atoms with van der Waals surface area (Å²) in [5.41, 5.74) is 4.53. The van der Waals surface area contributed by atoms with Gasteiger partial charge in [-0.05, 0) is 55.8 Å². The van der Waals surface area contributed by atoms with Crippen LogP contribution in [0.15, 0.2) is 66.2 Å². The first-order chi connectivity index (χ1) is 12.1. The lowest BCUT2D eigenvalue weighted by molar-refractivity contribution is -0.00000544. The highest BCUT2D eigenvalue weighted by molar-refractivity contribution is 7.09. The maximum atomic E-state index is 5.27. The fraction of sp³-hybridized carbons (Fsp3) is 0.190. The Morgan fingerprint density at radius 2 is 1.73 bits per heavy atom. The van der Waals surface area contributed by atoms with E-state index in [1.165, 1.54) is 16.1 Å². The molecule has 0 unspecified atom stereocenters. The normalized spacial score (nSPS) is 11.1. The van der Waals surface area contributed by atoms with Crippen LogP contribution < -0.4 is 26.5 Å². The number of halogens is 1. The molecule has 0 spiro atoms. The van der Waals surface area contributed by atoms with Crippen molar-refractivity contribution < 1.29 is 21.7 Å². The molecule has 0 fully saturated rings. The second-order valence-electron chi connectivity index (χ2n) is 5.86. The zero-order valence-corrected chi connectivity index (χ0v) is 17.6. The van der Waals surface area contributed by atoms with E-state index < -0.39 is 0 Å². The molecular formula is C21H22BrN2OS-. The van der Waals surface area contributed by atoms with Crippen LogP contribution in [0.5, 0.6) is 5.75 Å². The van der Waals surface area contributed by atoms with E-state index in [2.05, 4.69) is 61.4 Å². The van der Waals surface area contributed by atoms with Gasteiger partial charge in [-0.15, -0.1) is 17.9 Å². The minimum Gasteiger partial charge on any atom is -1.00 e. The third-order valence-corrected chi connectivity index (χ3v) is 5.01. The van der Waals surface area contributed by atoms with Crippen LogP contribution in [0.3, 0.4) is 0 Å². The smallest absolute Gasteiger partial charge is 0.190 e. The summed E-state index contributed by atoms with van der Waals surface area (Å²) in [5.74, 6) is 0.858. The quantitative estimate of drug-likeness (QED) is 0.571. The topological polar surface area (TPSA) is 26.5 Å². The van der Waals surface area contributed by atoms with E-state index in [9.17, 15) is 0 Å². The summed E-state index contributed by atoms with van der Waals surface area (Å²) in [6.07, 6.45) is 1.91. The molecule has 2 aromatic carbocycles. The highest BCUT2D eigenvalue weighted by Crippen LogP contribution is 2.27. The molecule has 136 valence electrons. The number of rotatable bonds is 5. The number of methoxy groups -OCH3 is 1. The Morgan fingerprint density at radius 3 is 2.31 bits per heavy atom. The molecule has 3 nitrogen and oxygen atoms in total. The minimum atomic E-state index is 0. The van der Waals surface area contributed by atoms with E-state index in [0.29, 0.717) is 0 Å². The predicted molar refractivity (Wildman–Crippen MR) is 106 cm³/mol. The molecule has 3 rings (SSSR count). The first-order valence-corrected chi connectivity index (χ1v) is 9.01. The second-order valence-corrected chi connectivity index (χ2v) is 7.05. The Morgan fingerprint density at radius 1 is 1.08 bits per heavy atom. The van der Waals surface area contributed by atoms with E-state index in [0.717, 1.165) is 28.3 Å². The van der Waals surface area contributed by atoms with Crippen molar-refractivity contribution in [3.8, 4) is 17.0 Å². The van der Waals surface area contributed by atoms with Gasteiger partial charge in [-0.2, -0.15) is 0 Å². The number of nitrogens with zero attached hydrogens (tertiary/aromatic N) is 2. The third-order valence-electron chi connectivity index (χ3n) is 4.01. The highest BCUT2D eigenvalue weighted by atomic mass is 79.9. The first kappa shape index (κ1) is 20.2. The molecule has 0 aliphatic heterocycles. The molecule has 0 saturated heterocycles. The van der Waals surface area contributed by atoms with E-state index in [1.54, 1.807) is 18.4 Å². The van der Waals surface area contributed by atoms with Crippen molar-refractivity contribution >= 4 is 17.0 Å². The van der Waals surface area contributed by atoms with Gasteiger partial charge in [-0.25, -0.2) is 4.99 Å². The molecule has 0 radical (unpaired) electrons. The molecule has 0 bridgehead atoms. The van der Waals surface area contributed by atoms with Gasteiger partial charge in [0.15, 0.2) is 4.80 Å². The minimum absolute atomic E-state index is 0. The van der Waals surface area contributed by atoms with Crippen molar-refractivity contribution in [3.05, 3.63) is 76.4 Å². The van der Waals surface area contributed by atoms with Crippen LogP contribution in [0.2, 0.25) is 0 Å². The number of allylic oxidation sites excluding steroid dienone is 1. The summed E-state index contributed by atoms with van der Waals surface area (Å²) in [6.45, 7) is 8.85. The highest BCUT2D eigenvalue weighted by Gasteiger charge is 2.12. The van der Waals surface area contributed by atoms with Gasteiger partial charge in [0.05, 0.1) is 18.5 Å². The molecular weight excluding hydrogens is 408 g/mol. The number of thiazole rings is 1. The number of hydrogen-bond acceptors (Lipinski definition) is 3. The maximum Gasteiger partial charge on any atom is 0.190 e. The van der Waals surface area contributed by atoms with Crippen LogP contribution in [0.4, 0.5) is 5.69 Å². The largest absolute Gasteiger partial charge is 1.00 e. The third kappa shape index (κ3) is 4.34. The van der Waals surface area contributed by atoms with Crippen LogP contribution in [0.25, 0.3) is 11.3 Å². The maximum absolute atomic E-state index is 5.27. The predicted octanol–water partition coefficient (Wildman–Crippen LogP) is 2.26. The lowest BCUT2D eigenvalue weighted by Gasteiger charge is -2.09. The summed E-state index contributed by atoms with van der Waals surface area (Å²) in [4.78, 5) is 7.06. The number of benzene rings is 2. The molecule has 1 heterocycles. The van der Waals surface area contributed by atoms with Crippen LogP contribution in [0.1, 0.15) is 10.4 Å². The summed E-state index contributed by atoms with van der Waals surface area (Å²) in [6, 6.07) is 16.4. The zero-order chi connectivity index (χ0) is 17.8. The summed E-state index contributed by atoms with van der Waals surface area (Å²) >= 11 is 1.70. The summed E-state index contributed by atoms with van der Waals surface area (Å²) in [7, 11) is 1.68. The Labute approximate surface area is 169 Å². The monoisotopic (exact) mass is 429 g/mol. The average molecular weight is 430 g/mol. The van der Waals surface area contributed by atoms with Gasteiger partial charge in [-0.1, -0.05) is 23.8 Å². The van der Waals surface area contributed by atoms with Crippen molar-refractivity contribution in [2.24, 2.45) is 4.99 Å². The Balaban J connectivity index is 0.00000243. The van der Waals surface area contributed by atoms with Crippen LogP contribution >= 0.6 is 11.3 Å². The number of aryl methyl sites for hydroxylation is 2. The first-order valence-electron chi connectivity index (χ1n) is 8.19. The molecule has 0 aliphatic rings. The fourth-order valence-corrected chi connectivity index (χ4v) is 3.77. The average Bonchev–Trinajstić information content (AvgIpc) is 2.92. The lowest BCUT2D eigenvalue weighted by Crippen LogP contribution is -3.00. The van der Waals surface area contributed by atoms with E-state index in [1.807, 2.05) is 18.2 Å². The van der Waals surface area contributed by atoms with Gasteiger partial charge >= 0.3 is 0 Å². The van der Waals surface area contributed by atoms with Crippen LogP contribution in [-0.2, 0) is 6.54 Å². The van der Waals surface area contributed by atoms with Gasteiger partial charge in [-0.3, -0.25) is 0 Å². The Kier molecular flexibility index (Phi) is 7.00. The Hall–Kier alpha value is -2.11. The Bertz CT molecular complexity index is 938. The van der Waals surface area contributed by atoms with E-state index in [4.69, 9.17) is 9.73 Å². The van der Waals surface area contributed by atoms with Crippen molar-refractivity contribution in [2.45, 2.75) is 20.4 Å². The standard InChI is InChI=1S/C21H22N2OS.BrH/c1-5-14-23-20(17-8-12-19(24-4)13-9-17)16(3)25-21(23)22-18-10-6-15(2)7-11-18;/h5-13H,1,14H2,2-4H3;1H/p-1. The molecule has 0 amide bonds. The number of aromatic nitrogens is 1. The van der Waals surface area contributed by atoms with Crippen LogP contribution in [0, 0.1) is 13.8 Å². The SMILES string of the molecule is C=CCn1c(-c2ccc(OC)cc2)c(C)sc1=Nc1ccc(C)cc1.[Br-]. The van der Waals surface area contributed by atoms with Crippen molar-refractivity contribution in [1.29, 1.82) is 0 Å². The van der Waals surface area contributed by atoms with Gasteiger partial charge in [0.25, 0.3) is 0 Å². The second kappa shape index (κ2) is 9.01. The number of hydrogen-bond donors (Lipinski definition) is 0. The fourth-order valence-electron chi connectivity index (χ4n) is 2.75. The molecule has 0 atom stereocenters. The van der Waals surface area contributed by atoms with E-state index >= 15 is 0 Å². The molecule has 5 heteroatoms. The summed E-state index contributed by atoms with van der Waals surface area (Å²) < 4.78 is 7.48. The van der Waals surface area contributed by atoms with Crippen molar-refractivity contribution in [3.63, 3.8) is 0 Å². The molecule has 3 aromatic rings. The summed E-state index contributed by atoms with van der Waals surface area (Å²) in [5, 5.41) is 0. The van der Waals surface area contributed by atoms with Gasteiger partial charge in [0, 0.05) is 11.4 Å². The molecule has 0 saturated carbocycles. The number of ether oxygens (including phenoxy) is 1. The molecule has 26 heavy (non-hydrogen) atoms. The van der Waals surface area contributed by atoms with Crippen molar-refractivity contribution in [1.82, 2.24) is 4.57 Å². The molecule has 0 N–H and O–H groups in total. The van der Waals surface area contributed by atoms with E-state index in [-0.39, 0.29) is 17.0 Å². The van der Waals surface area contributed by atoms with Gasteiger partial charge in [0.1, 0.15) is 5.75 Å². The lowest BCUT2D eigenvalue weighted by atomic mass is 10.1. The van der Waals surface area contributed by atoms with Crippen LogP contribution in [-0.4, -0.2) is 11.7 Å². The molecule has 0 aliphatic carbocycles. The van der Waals surface area contributed by atoms with Crippen molar-refractivity contribution in [2.75, 3.05) is 7.11 Å². The van der Waals surface area contributed by atoms with Gasteiger partial charge < -0.3 is 26.3 Å². The molecule has 1 aromatic heterocycles. The van der Waals surface area contributed by atoms with Gasteiger partial charge in [0.2, 0.25) is 0 Å². The zero-order valence-electron chi connectivity index (χ0n) is 15.2.